The van der Waals surface area contributed by atoms with Crippen molar-refractivity contribution in [1.29, 1.82) is 0 Å². The molecule has 1 amide bonds. The van der Waals surface area contributed by atoms with Gasteiger partial charge in [0.15, 0.2) is 0 Å². The third-order valence-electron chi connectivity index (χ3n) is 8.30. The molecule has 1 saturated carbocycles. The number of hydrogen-bond acceptors (Lipinski definition) is 3. The lowest BCUT2D eigenvalue weighted by molar-refractivity contribution is -0.120. The molecular formula is C35H42F2N4O2S. The van der Waals surface area contributed by atoms with E-state index in [1.54, 1.807) is 18.3 Å². The van der Waals surface area contributed by atoms with E-state index >= 15 is 0 Å². The lowest BCUT2D eigenvalue weighted by Crippen LogP contribution is -2.33. The molecule has 1 heterocycles. The zero-order valence-electron chi connectivity index (χ0n) is 26.1. The molecule has 4 aromatic rings. The van der Waals surface area contributed by atoms with Crippen LogP contribution in [-0.2, 0) is 41.2 Å². The van der Waals surface area contributed by atoms with Crippen molar-refractivity contribution in [2.45, 2.75) is 76.2 Å². The molecule has 0 bridgehead atoms. The Morgan fingerprint density at radius 2 is 1.80 bits per heavy atom. The van der Waals surface area contributed by atoms with Crippen molar-refractivity contribution in [3.8, 4) is 0 Å². The lowest BCUT2D eigenvalue weighted by Gasteiger charge is -2.34. The Morgan fingerprint density at radius 3 is 2.41 bits per heavy atom. The minimum absolute atomic E-state index is 0.0757. The molecule has 3 atom stereocenters. The van der Waals surface area contributed by atoms with Gasteiger partial charge >= 0.3 is 0 Å². The van der Waals surface area contributed by atoms with Gasteiger partial charge in [-0.3, -0.25) is 4.79 Å². The second-order valence-electron chi connectivity index (χ2n) is 11.7. The fourth-order valence-corrected chi connectivity index (χ4v) is 6.24. The number of carbonyl (C=O) groups is 1. The molecule has 0 saturated heterocycles. The lowest BCUT2D eigenvalue weighted by atomic mass is 9.73. The first-order chi connectivity index (χ1) is 21.0. The van der Waals surface area contributed by atoms with E-state index in [9.17, 15) is 17.8 Å². The summed E-state index contributed by atoms with van der Waals surface area (Å²) in [6.45, 7) is 9.05. The first kappa shape index (κ1) is 33.2. The molecule has 0 spiro atoms. The standard InChI is InChI=1S/C27H30FN3O.C6H6FNOS.C2H6/c1-27(2)12-4-5-19-15-21(10-11-24(19)27)31(17-25-29-13-14-30(25)3)26(32)23-16-22(23)18-6-8-20(28)9-7-18;7-5-2-1-3-6(4-5)10(8)9;1-2/h6-11,13-15,22-23H,4-5,12,16-17H2,1-3H3;1-4H,8H2;1-2H3/t22-,23+;;/m1../s1. The first-order valence-electron chi connectivity index (χ1n) is 15.1. The van der Waals surface area contributed by atoms with Gasteiger partial charge in [0.25, 0.3) is 0 Å². The molecule has 2 aliphatic rings. The van der Waals surface area contributed by atoms with E-state index in [2.05, 4.69) is 37.0 Å². The van der Waals surface area contributed by atoms with Crippen LogP contribution < -0.4 is 10.0 Å². The van der Waals surface area contributed by atoms with E-state index in [1.807, 2.05) is 36.6 Å². The highest BCUT2D eigenvalue weighted by atomic mass is 32.2. The van der Waals surface area contributed by atoms with Crippen molar-refractivity contribution in [1.82, 2.24) is 9.55 Å². The molecule has 6 rings (SSSR count). The number of amides is 1. The van der Waals surface area contributed by atoms with Gasteiger partial charge in [0, 0.05) is 31.0 Å². The number of aromatic nitrogens is 2. The summed E-state index contributed by atoms with van der Waals surface area (Å²) < 4.78 is 38.2. The molecule has 2 aliphatic carbocycles. The third-order valence-corrected chi connectivity index (χ3v) is 9.02. The van der Waals surface area contributed by atoms with Crippen LogP contribution in [-0.4, -0.2) is 19.7 Å². The van der Waals surface area contributed by atoms with Gasteiger partial charge in [-0.15, -0.1) is 0 Å². The molecule has 1 aromatic heterocycles. The smallest absolute Gasteiger partial charge is 0.231 e. The largest absolute Gasteiger partial charge is 0.337 e. The molecule has 0 aliphatic heterocycles. The number of nitrogens with zero attached hydrogens (tertiary/aromatic N) is 3. The van der Waals surface area contributed by atoms with Crippen molar-refractivity contribution in [2.24, 2.45) is 18.1 Å². The van der Waals surface area contributed by atoms with Crippen LogP contribution in [0.15, 0.2) is 84.0 Å². The molecule has 234 valence electrons. The van der Waals surface area contributed by atoms with Gasteiger partial charge in [0.05, 0.1) is 11.4 Å². The van der Waals surface area contributed by atoms with Crippen LogP contribution in [0.3, 0.4) is 0 Å². The van der Waals surface area contributed by atoms with E-state index < -0.39 is 16.8 Å². The molecule has 3 aromatic carbocycles. The highest BCUT2D eigenvalue weighted by Crippen LogP contribution is 2.49. The molecule has 0 radical (unpaired) electrons. The maximum atomic E-state index is 13.7. The predicted molar refractivity (Wildman–Crippen MR) is 172 cm³/mol. The number of imidazole rings is 1. The quantitative estimate of drug-likeness (QED) is 0.245. The Balaban J connectivity index is 0.000000312. The van der Waals surface area contributed by atoms with Gasteiger partial charge in [0.1, 0.15) is 28.4 Å². The normalized spacial score (nSPS) is 18.5. The van der Waals surface area contributed by atoms with Crippen molar-refractivity contribution in [2.75, 3.05) is 4.90 Å². The Labute approximate surface area is 261 Å². The van der Waals surface area contributed by atoms with Gasteiger partial charge in [-0.2, -0.15) is 0 Å². The maximum Gasteiger partial charge on any atom is 0.231 e. The number of benzene rings is 3. The molecule has 1 unspecified atom stereocenters. The topological polar surface area (TPSA) is 81.2 Å². The van der Waals surface area contributed by atoms with Crippen molar-refractivity contribution in [3.05, 3.63) is 113 Å². The number of hydrogen-bond donors (Lipinski definition) is 1. The predicted octanol–water partition coefficient (Wildman–Crippen LogP) is 7.34. The van der Waals surface area contributed by atoms with Gasteiger partial charge in [-0.05, 0) is 96.2 Å². The highest BCUT2D eigenvalue weighted by Gasteiger charge is 2.46. The summed E-state index contributed by atoms with van der Waals surface area (Å²) in [5.74, 6) is 0.395. The summed E-state index contributed by atoms with van der Waals surface area (Å²) >= 11 is 0. The summed E-state index contributed by atoms with van der Waals surface area (Å²) in [6, 6.07) is 18.5. The van der Waals surface area contributed by atoms with Gasteiger partial charge in [-0.1, -0.05) is 52.0 Å². The van der Waals surface area contributed by atoms with Crippen LogP contribution in [0.1, 0.15) is 75.4 Å². The first-order valence-corrected chi connectivity index (χ1v) is 16.3. The molecule has 1 fully saturated rings. The molecular weight excluding hydrogens is 578 g/mol. The van der Waals surface area contributed by atoms with Gasteiger partial charge < -0.3 is 9.47 Å². The van der Waals surface area contributed by atoms with E-state index in [1.165, 1.54) is 54.3 Å². The number of aryl methyl sites for hydroxylation is 2. The average Bonchev–Trinajstić information content (AvgIpc) is 3.71. The zero-order valence-corrected chi connectivity index (χ0v) is 26.9. The van der Waals surface area contributed by atoms with Crippen LogP contribution in [0.4, 0.5) is 14.5 Å². The van der Waals surface area contributed by atoms with E-state index in [0.717, 1.165) is 36.0 Å². The zero-order chi connectivity index (χ0) is 32.0. The SMILES string of the molecule is CC.Cn1ccnc1CN(C(=O)[C@H]1C[C@@H]1c1ccc(F)cc1)c1ccc2c(c1)CCCC2(C)C.NS(=O)c1cccc(F)c1. The van der Waals surface area contributed by atoms with Gasteiger partial charge in [-0.25, -0.2) is 23.1 Å². The molecule has 44 heavy (non-hydrogen) atoms. The molecule has 6 nitrogen and oxygen atoms in total. The van der Waals surface area contributed by atoms with Crippen molar-refractivity contribution in [3.63, 3.8) is 0 Å². The van der Waals surface area contributed by atoms with Crippen molar-refractivity contribution >= 4 is 22.6 Å². The number of fused-ring (bicyclic) bond motifs is 1. The minimum Gasteiger partial charge on any atom is -0.337 e. The fraction of sp³-hybridized carbons (Fsp3) is 0.371. The molecule has 9 heteroatoms. The third kappa shape index (κ3) is 7.87. The van der Waals surface area contributed by atoms with Crippen LogP contribution >= 0.6 is 0 Å². The monoisotopic (exact) mass is 620 g/mol. The number of nitrogens with two attached hydrogens (primary N) is 1. The number of rotatable bonds is 6. The Kier molecular flexibility index (Phi) is 10.9. The van der Waals surface area contributed by atoms with Gasteiger partial charge in [0.2, 0.25) is 5.91 Å². The summed E-state index contributed by atoms with van der Waals surface area (Å²) in [7, 11) is 0.378. The summed E-state index contributed by atoms with van der Waals surface area (Å²) in [5.41, 5.74) is 4.90. The fourth-order valence-electron chi connectivity index (χ4n) is 5.80. The van der Waals surface area contributed by atoms with Crippen LogP contribution in [0.5, 0.6) is 0 Å². The van der Waals surface area contributed by atoms with E-state index in [4.69, 9.17) is 5.14 Å². The Morgan fingerprint density at radius 1 is 1.07 bits per heavy atom. The van der Waals surface area contributed by atoms with Crippen LogP contribution in [0.25, 0.3) is 0 Å². The minimum atomic E-state index is -1.58. The summed E-state index contributed by atoms with van der Waals surface area (Å²) in [4.78, 5) is 20.4. The molecule has 2 N–H and O–H groups in total. The van der Waals surface area contributed by atoms with Crippen molar-refractivity contribution < 1.29 is 17.8 Å². The number of halogens is 2. The Bertz CT molecular complexity index is 1600. The van der Waals surface area contributed by atoms with E-state index in [-0.39, 0.29) is 29.0 Å². The number of carbonyl (C=O) groups excluding carboxylic acids is 1. The average molecular weight is 621 g/mol. The second kappa shape index (κ2) is 14.4. The van der Waals surface area contributed by atoms with Crippen LogP contribution in [0, 0.1) is 17.6 Å². The van der Waals surface area contributed by atoms with E-state index in [0.29, 0.717) is 11.4 Å². The summed E-state index contributed by atoms with van der Waals surface area (Å²) in [6.07, 6.45) is 7.90. The number of anilines is 1. The summed E-state index contributed by atoms with van der Waals surface area (Å²) in [5, 5.41) is 4.99. The van der Waals surface area contributed by atoms with Crippen LogP contribution in [0.2, 0.25) is 0 Å². The Hall–Kier alpha value is -3.69. The highest BCUT2D eigenvalue weighted by molar-refractivity contribution is 7.82. The second-order valence-corrected chi connectivity index (χ2v) is 12.8. The maximum absolute atomic E-state index is 13.7.